The maximum Gasteiger partial charge on any atom is 0.255 e. The van der Waals surface area contributed by atoms with E-state index in [1.807, 2.05) is 11.8 Å². The van der Waals surface area contributed by atoms with Crippen molar-refractivity contribution in [2.24, 2.45) is 11.7 Å². The summed E-state index contributed by atoms with van der Waals surface area (Å²) in [6.45, 7) is 9.02. The third kappa shape index (κ3) is 4.60. The summed E-state index contributed by atoms with van der Waals surface area (Å²) in [6, 6.07) is 1.42. The molecule has 1 atom stereocenters. The van der Waals surface area contributed by atoms with Crippen molar-refractivity contribution in [3.05, 3.63) is 23.2 Å². The fraction of sp³-hybridized carbons (Fsp3) is 0.667. The molecule has 6 heteroatoms. The van der Waals surface area contributed by atoms with Crippen LogP contribution in [0.4, 0.5) is 0 Å². The first-order chi connectivity index (χ1) is 11.3. The topological polar surface area (TPSA) is 88.6 Å². The number of piperidine rings is 1. The molecule has 0 spiro atoms. The molecule has 2 rings (SSSR count). The zero-order valence-corrected chi connectivity index (χ0v) is 15.1. The number of aryl methyl sites for hydroxylation is 2. The number of nitrogens with one attached hydrogen (secondary N) is 1. The van der Waals surface area contributed by atoms with Gasteiger partial charge in [-0.2, -0.15) is 0 Å². The van der Waals surface area contributed by atoms with Crippen molar-refractivity contribution < 1.29 is 14.0 Å². The summed E-state index contributed by atoms with van der Waals surface area (Å²) in [7, 11) is 0. The molecule has 3 N–H and O–H groups in total. The van der Waals surface area contributed by atoms with Gasteiger partial charge in [0, 0.05) is 19.1 Å². The van der Waals surface area contributed by atoms with E-state index in [9.17, 15) is 9.59 Å². The largest absolute Gasteiger partial charge is 0.466 e. The summed E-state index contributed by atoms with van der Waals surface area (Å²) in [5.74, 6) is 1.69. The Labute approximate surface area is 143 Å². The lowest BCUT2D eigenvalue weighted by Gasteiger charge is -2.34. The van der Waals surface area contributed by atoms with Gasteiger partial charge in [0.25, 0.3) is 5.91 Å². The maximum absolute atomic E-state index is 12.3. The predicted octanol–water partition coefficient (Wildman–Crippen LogP) is 1.99. The van der Waals surface area contributed by atoms with Crippen molar-refractivity contribution in [2.75, 3.05) is 13.1 Å². The van der Waals surface area contributed by atoms with E-state index < -0.39 is 6.04 Å². The lowest BCUT2D eigenvalue weighted by atomic mass is 10.0. The van der Waals surface area contributed by atoms with Gasteiger partial charge in [-0.05, 0) is 45.1 Å². The van der Waals surface area contributed by atoms with E-state index in [1.165, 1.54) is 0 Å². The minimum absolute atomic E-state index is 0.0229. The normalized spacial score (nSPS) is 17.2. The molecule has 1 aromatic rings. The second-order valence-corrected chi connectivity index (χ2v) is 7.14. The molecule has 0 radical (unpaired) electrons. The Hall–Kier alpha value is -1.82. The van der Waals surface area contributed by atoms with Crippen LogP contribution >= 0.6 is 0 Å². The Morgan fingerprint density at radius 3 is 2.46 bits per heavy atom. The van der Waals surface area contributed by atoms with E-state index in [-0.39, 0.29) is 17.9 Å². The van der Waals surface area contributed by atoms with Gasteiger partial charge in [-0.3, -0.25) is 9.59 Å². The van der Waals surface area contributed by atoms with E-state index in [2.05, 4.69) is 19.2 Å². The summed E-state index contributed by atoms with van der Waals surface area (Å²) in [5, 5.41) is 3.04. The molecule has 134 valence electrons. The number of hydrogen-bond acceptors (Lipinski definition) is 4. The molecule has 0 unspecified atom stereocenters. The molecular formula is C18H29N3O3. The molecule has 2 heterocycles. The number of nitrogens with two attached hydrogens (primary N) is 1. The van der Waals surface area contributed by atoms with E-state index in [0.717, 1.165) is 18.6 Å². The number of carbonyl (C=O) groups is 2. The van der Waals surface area contributed by atoms with Crippen LogP contribution in [0.2, 0.25) is 0 Å². The molecule has 6 nitrogen and oxygen atoms in total. The van der Waals surface area contributed by atoms with Crippen LogP contribution in [-0.2, 0) is 4.79 Å². The molecule has 2 amide bonds. The van der Waals surface area contributed by atoms with Crippen LogP contribution in [-0.4, -0.2) is 41.9 Å². The van der Waals surface area contributed by atoms with E-state index >= 15 is 0 Å². The Balaban J connectivity index is 1.83. The van der Waals surface area contributed by atoms with Crippen molar-refractivity contribution >= 4 is 11.8 Å². The Bertz CT molecular complexity index is 586. The summed E-state index contributed by atoms with van der Waals surface area (Å²) >= 11 is 0. The van der Waals surface area contributed by atoms with Gasteiger partial charge in [0.05, 0.1) is 11.6 Å². The van der Waals surface area contributed by atoms with Crippen LogP contribution in [0.25, 0.3) is 0 Å². The van der Waals surface area contributed by atoms with Gasteiger partial charge in [0.2, 0.25) is 5.91 Å². The summed E-state index contributed by atoms with van der Waals surface area (Å²) < 4.78 is 5.40. The lowest BCUT2D eigenvalue weighted by molar-refractivity contribution is -0.134. The number of carbonyl (C=O) groups excluding carboxylic acids is 2. The molecule has 0 saturated carbocycles. The van der Waals surface area contributed by atoms with Crippen LogP contribution in [0.5, 0.6) is 0 Å². The molecule has 0 bridgehead atoms. The van der Waals surface area contributed by atoms with Crippen LogP contribution in [0.1, 0.15) is 55.0 Å². The first-order valence-corrected chi connectivity index (χ1v) is 8.70. The highest BCUT2D eigenvalue weighted by Gasteiger charge is 2.28. The number of rotatable bonds is 5. The number of likely N-dealkylation sites (tertiary alicyclic amines) is 1. The van der Waals surface area contributed by atoms with Crippen molar-refractivity contribution in [3.8, 4) is 0 Å². The molecule has 1 fully saturated rings. The standard InChI is InChI=1S/C18H29N3O3/c1-11(2)9-16(19)18(23)21-7-5-14(6-8-21)20-17(22)15-10-12(3)24-13(15)4/h10-11,14,16H,5-9,19H2,1-4H3,(H,20,22)/t16-/m0/s1. The number of furan rings is 1. The summed E-state index contributed by atoms with van der Waals surface area (Å²) in [4.78, 5) is 26.5. The third-order valence-electron chi connectivity index (χ3n) is 4.47. The van der Waals surface area contributed by atoms with Crippen molar-refractivity contribution in [1.29, 1.82) is 0 Å². The Morgan fingerprint density at radius 2 is 1.96 bits per heavy atom. The SMILES string of the molecule is Cc1cc(C(=O)NC2CCN(C(=O)[C@@H](N)CC(C)C)CC2)c(C)o1. The molecular weight excluding hydrogens is 306 g/mol. The van der Waals surface area contributed by atoms with Crippen LogP contribution < -0.4 is 11.1 Å². The van der Waals surface area contributed by atoms with E-state index in [0.29, 0.717) is 36.8 Å². The first-order valence-electron chi connectivity index (χ1n) is 8.70. The van der Waals surface area contributed by atoms with Gasteiger partial charge in [-0.25, -0.2) is 0 Å². The fourth-order valence-corrected chi connectivity index (χ4v) is 3.21. The second kappa shape index (κ2) is 7.83. The smallest absolute Gasteiger partial charge is 0.255 e. The van der Waals surface area contributed by atoms with Gasteiger partial charge in [-0.15, -0.1) is 0 Å². The van der Waals surface area contributed by atoms with Crippen molar-refractivity contribution in [1.82, 2.24) is 10.2 Å². The fourth-order valence-electron chi connectivity index (χ4n) is 3.21. The van der Waals surface area contributed by atoms with Crippen LogP contribution in [0.3, 0.4) is 0 Å². The van der Waals surface area contributed by atoms with Crippen LogP contribution in [0.15, 0.2) is 10.5 Å². The van der Waals surface area contributed by atoms with Gasteiger partial charge in [-0.1, -0.05) is 13.8 Å². The average Bonchev–Trinajstić information content (AvgIpc) is 2.85. The van der Waals surface area contributed by atoms with Crippen LogP contribution in [0, 0.1) is 19.8 Å². The highest BCUT2D eigenvalue weighted by molar-refractivity contribution is 5.95. The Kier molecular flexibility index (Phi) is 6.04. The molecule has 1 aliphatic heterocycles. The first kappa shape index (κ1) is 18.5. The quantitative estimate of drug-likeness (QED) is 0.861. The van der Waals surface area contributed by atoms with Gasteiger partial charge < -0.3 is 20.4 Å². The summed E-state index contributed by atoms with van der Waals surface area (Å²) in [6.07, 6.45) is 2.21. The molecule has 0 aromatic carbocycles. The molecule has 0 aliphatic carbocycles. The minimum atomic E-state index is -0.423. The highest BCUT2D eigenvalue weighted by atomic mass is 16.3. The molecule has 24 heavy (non-hydrogen) atoms. The predicted molar refractivity (Wildman–Crippen MR) is 92.7 cm³/mol. The molecule has 1 saturated heterocycles. The average molecular weight is 335 g/mol. The second-order valence-electron chi connectivity index (χ2n) is 7.14. The molecule has 1 aromatic heterocycles. The molecule has 1 aliphatic rings. The van der Waals surface area contributed by atoms with Crippen molar-refractivity contribution in [3.63, 3.8) is 0 Å². The van der Waals surface area contributed by atoms with E-state index in [1.54, 1.807) is 13.0 Å². The minimum Gasteiger partial charge on any atom is -0.466 e. The van der Waals surface area contributed by atoms with Gasteiger partial charge in [0.15, 0.2) is 0 Å². The maximum atomic E-state index is 12.3. The Morgan fingerprint density at radius 1 is 1.33 bits per heavy atom. The zero-order chi connectivity index (χ0) is 17.9. The number of nitrogens with zero attached hydrogens (tertiary/aromatic N) is 1. The monoisotopic (exact) mass is 335 g/mol. The highest BCUT2D eigenvalue weighted by Crippen LogP contribution is 2.17. The third-order valence-corrected chi connectivity index (χ3v) is 4.47. The number of hydrogen-bond donors (Lipinski definition) is 2. The lowest BCUT2D eigenvalue weighted by Crippen LogP contribution is -2.51. The number of amides is 2. The van der Waals surface area contributed by atoms with Crippen molar-refractivity contribution in [2.45, 2.75) is 59.0 Å². The zero-order valence-electron chi connectivity index (χ0n) is 15.1. The van der Waals surface area contributed by atoms with Gasteiger partial charge >= 0.3 is 0 Å². The van der Waals surface area contributed by atoms with Gasteiger partial charge in [0.1, 0.15) is 11.5 Å². The van der Waals surface area contributed by atoms with E-state index in [4.69, 9.17) is 10.2 Å². The summed E-state index contributed by atoms with van der Waals surface area (Å²) in [5.41, 5.74) is 6.58.